The third-order valence-corrected chi connectivity index (χ3v) is 6.41. The van der Waals surface area contributed by atoms with Crippen molar-refractivity contribution < 1.29 is 23.9 Å². The Bertz CT molecular complexity index is 1230. The summed E-state index contributed by atoms with van der Waals surface area (Å²) >= 11 is 0. The fourth-order valence-electron chi connectivity index (χ4n) is 4.34. The highest BCUT2D eigenvalue weighted by atomic mass is 16.5. The summed E-state index contributed by atoms with van der Waals surface area (Å²) in [5.41, 5.74) is 3.09. The van der Waals surface area contributed by atoms with Gasteiger partial charge in [0.1, 0.15) is 24.4 Å². The zero-order valence-corrected chi connectivity index (χ0v) is 21.1. The van der Waals surface area contributed by atoms with Crippen molar-refractivity contribution in [3.05, 3.63) is 95.6 Å². The van der Waals surface area contributed by atoms with E-state index in [1.54, 1.807) is 43.5 Å². The van der Waals surface area contributed by atoms with Crippen molar-refractivity contribution in [2.75, 3.05) is 25.6 Å². The number of aryl methyl sites for hydroxylation is 1. The molecule has 0 bridgehead atoms. The highest BCUT2D eigenvalue weighted by Gasteiger charge is 2.47. The monoisotopic (exact) mass is 501 g/mol. The molecule has 8 heteroatoms. The Morgan fingerprint density at radius 1 is 0.973 bits per heavy atom. The van der Waals surface area contributed by atoms with E-state index in [-0.39, 0.29) is 0 Å². The molecule has 3 atom stereocenters. The van der Waals surface area contributed by atoms with E-state index < -0.39 is 35.8 Å². The summed E-state index contributed by atoms with van der Waals surface area (Å²) in [7, 11) is 1.60. The van der Waals surface area contributed by atoms with Crippen LogP contribution in [0.1, 0.15) is 35.6 Å². The van der Waals surface area contributed by atoms with Gasteiger partial charge in [-0.3, -0.25) is 9.59 Å². The Morgan fingerprint density at radius 3 is 2.30 bits per heavy atom. The molecule has 1 unspecified atom stereocenters. The average Bonchev–Trinajstić information content (AvgIpc) is 3.20. The molecule has 0 spiro atoms. The number of hydrogen-bond acceptors (Lipinski definition) is 5. The molecule has 37 heavy (non-hydrogen) atoms. The van der Waals surface area contributed by atoms with Crippen LogP contribution in [0.2, 0.25) is 0 Å². The summed E-state index contributed by atoms with van der Waals surface area (Å²) in [4.78, 5) is 41.4. The van der Waals surface area contributed by atoms with Crippen LogP contribution in [-0.4, -0.2) is 49.1 Å². The molecule has 4 rings (SSSR count). The number of urea groups is 1. The Kier molecular flexibility index (Phi) is 8.20. The molecule has 1 heterocycles. The smallest absolute Gasteiger partial charge is 0.325 e. The quantitative estimate of drug-likeness (QED) is 0.317. The molecule has 2 N–H and O–H groups in total. The van der Waals surface area contributed by atoms with Crippen molar-refractivity contribution >= 4 is 23.5 Å². The number of amides is 4. The number of benzene rings is 3. The number of ether oxygens (including phenoxy) is 2. The van der Waals surface area contributed by atoms with Crippen molar-refractivity contribution in [1.29, 1.82) is 0 Å². The van der Waals surface area contributed by atoms with E-state index >= 15 is 0 Å². The first kappa shape index (κ1) is 25.9. The Hall–Kier alpha value is -4.17. The molecular weight excluding hydrogens is 470 g/mol. The second-order valence-electron chi connectivity index (χ2n) is 9.00. The summed E-state index contributed by atoms with van der Waals surface area (Å²) < 4.78 is 10.6. The molecule has 0 aromatic heterocycles. The van der Waals surface area contributed by atoms with Crippen molar-refractivity contribution in [1.82, 2.24) is 10.2 Å². The first-order chi connectivity index (χ1) is 17.9. The van der Waals surface area contributed by atoms with Crippen LogP contribution in [0.3, 0.4) is 0 Å². The largest absolute Gasteiger partial charge is 0.491 e. The lowest BCUT2D eigenvalue weighted by Crippen LogP contribution is -2.50. The zero-order chi connectivity index (χ0) is 26.4. The molecule has 192 valence electrons. The number of carbonyl (C=O) groups excluding carboxylic acids is 3. The molecule has 0 aliphatic carbocycles. The number of hydrogen-bond donors (Lipinski definition) is 2. The number of anilines is 1. The van der Waals surface area contributed by atoms with Crippen LogP contribution in [0.5, 0.6) is 5.75 Å². The summed E-state index contributed by atoms with van der Waals surface area (Å²) in [6.07, 6.45) is 0. The summed E-state index contributed by atoms with van der Waals surface area (Å²) in [5.74, 6) is -0.740. The van der Waals surface area contributed by atoms with E-state index in [9.17, 15) is 14.4 Å². The van der Waals surface area contributed by atoms with Crippen LogP contribution in [0, 0.1) is 6.92 Å². The molecule has 0 radical (unpaired) electrons. The maximum Gasteiger partial charge on any atom is 0.325 e. The third kappa shape index (κ3) is 5.98. The minimum atomic E-state index is -1.06. The molecule has 1 aliphatic rings. The van der Waals surface area contributed by atoms with Gasteiger partial charge in [0.05, 0.1) is 6.61 Å². The molecule has 1 aliphatic heterocycles. The van der Waals surface area contributed by atoms with Crippen LogP contribution in [0.25, 0.3) is 0 Å². The van der Waals surface area contributed by atoms with E-state index in [0.29, 0.717) is 30.2 Å². The normalized spacial score (nSPS) is 16.7. The standard InChI is InChI=1S/C29H31N3O5/c1-19-9-13-23(14-10-19)30-27(33)26(20(2)21-7-5-4-6-8-21)32-28(34)25(31-29(32)35)22-11-15-24(16-12-22)37-18-17-36-3/h4-16,20,25-26H,17-18H2,1-3H3,(H,30,33)(H,31,35)/t20-,25+,26?/m0/s1. The number of nitrogens with zero attached hydrogens (tertiary/aromatic N) is 1. The summed E-state index contributed by atoms with van der Waals surface area (Å²) in [6.45, 7) is 4.66. The Balaban J connectivity index is 1.60. The van der Waals surface area contributed by atoms with E-state index in [4.69, 9.17) is 9.47 Å². The zero-order valence-electron chi connectivity index (χ0n) is 21.1. The number of nitrogens with one attached hydrogen (secondary N) is 2. The molecule has 8 nitrogen and oxygen atoms in total. The van der Waals surface area contributed by atoms with Gasteiger partial charge in [-0.1, -0.05) is 67.1 Å². The fraction of sp³-hybridized carbons (Fsp3) is 0.276. The van der Waals surface area contributed by atoms with Crippen LogP contribution < -0.4 is 15.4 Å². The molecular formula is C29H31N3O5. The number of imide groups is 1. The molecule has 1 saturated heterocycles. The highest BCUT2D eigenvalue weighted by Crippen LogP contribution is 2.31. The maximum absolute atomic E-state index is 13.6. The van der Waals surface area contributed by atoms with Gasteiger partial charge in [0.15, 0.2) is 0 Å². The molecule has 3 aromatic rings. The Labute approximate surface area is 216 Å². The van der Waals surface area contributed by atoms with Crippen molar-refractivity contribution in [3.8, 4) is 5.75 Å². The summed E-state index contributed by atoms with van der Waals surface area (Å²) in [5, 5.41) is 5.64. The lowest BCUT2D eigenvalue weighted by Gasteiger charge is -2.30. The van der Waals surface area contributed by atoms with E-state index in [1.807, 2.05) is 56.3 Å². The van der Waals surface area contributed by atoms with Gasteiger partial charge in [-0.05, 0) is 42.3 Å². The lowest BCUT2D eigenvalue weighted by atomic mass is 9.91. The lowest BCUT2D eigenvalue weighted by molar-refractivity contribution is -0.134. The van der Waals surface area contributed by atoms with Crippen molar-refractivity contribution in [2.45, 2.75) is 31.8 Å². The summed E-state index contributed by atoms with van der Waals surface area (Å²) in [6, 6.07) is 21.1. The van der Waals surface area contributed by atoms with Gasteiger partial charge in [-0.15, -0.1) is 0 Å². The van der Waals surface area contributed by atoms with E-state index in [1.165, 1.54) is 0 Å². The van der Waals surface area contributed by atoms with Crippen LogP contribution in [0.15, 0.2) is 78.9 Å². The van der Waals surface area contributed by atoms with Gasteiger partial charge in [0, 0.05) is 18.7 Å². The van der Waals surface area contributed by atoms with Crippen molar-refractivity contribution in [2.24, 2.45) is 0 Å². The third-order valence-electron chi connectivity index (χ3n) is 6.41. The predicted molar refractivity (Wildman–Crippen MR) is 140 cm³/mol. The van der Waals surface area contributed by atoms with Gasteiger partial charge in [0.25, 0.3) is 5.91 Å². The SMILES string of the molecule is COCCOc1ccc([C@H]2NC(=O)N(C(C(=O)Nc3ccc(C)cc3)[C@@H](C)c3ccccc3)C2=O)cc1. The molecule has 1 fully saturated rings. The maximum atomic E-state index is 13.6. The topological polar surface area (TPSA) is 97.0 Å². The first-order valence-electron chi connectivity index (χ1n) is 12.2. The molecule has 3 aromatic carbocycles. The van der Waals surface area contributed by atoms with E-state index in [2.05, 4.69) is 10.6 Å². The van der Waals surface area contributed by atoms with Gasteiger partial charge >= 0.3 is 6.03 Å². The van der Waals surface area contributed by atoms with Crippen molar-refractivity contribution in [3.63, 3.8) is 0 Å². The Morgan fingerprint density at radius 2 is 1.65 bits per heavy atom. The van der Waals surface area contributed by atoms with Crippen LogP contribution >= 0.6 is 0 Å². The average molecular weight is 502 g/mol. The highest BCUT2D eigenvalue weighted by molar-refractivity contribution is 6.09. The van der Waals surface area contributed by atoms with Gasteiger partial charge < -0.3 is 20.1 Å². The van der Waals surface area contributed by atoms with Gasteiger partial charge in [0.2, 0.25) is 5.91 Å². The van der Waals surface area contributed by atoms with Crippen LogP contribution in [0.4, 0.5) is 10.5 Å². The van der Waals surface area contributed by atoms with E-state index in [0.717, 1.165) is 16.0 Å². The van der Waals surface area contributed by atoms with Crippen LogP contribution in [-0.2, 0) is 14.3 Å². The number of carbonyl (C=O) groups is 3. The minimum absolute atomic E-state index is 0.401. The fourth-order valence-corrected chi connectivity index (χ4v) is 4.34. The predicted octanol–water partition coefficient (Wildman–Crippen LogP) is 4.42. The number of rotatable bonds is 10. The first-order valence-corrected chi connectivity index (χ1v) is 12.2. The molecule has 4 amide bonds. The van der Waals surface area contributed by atoms with Gasteiger partial charge in [-0.25, -0.2) is 9.69 Å². The number of methoxy groups -OCH3 is 1. The van der Waals surface area contributed by atoms with Gasteiger partial charge in [-0.2, -0.15) is 0 Å². The molecule has 0 saturated carbocycles. The second-order valence-corrected chi connectivity index (χ2v) is 9.00. The minimum Gasteiger partial charge on any atom is -0.491 e. The second kappa shape index (κ2) is 11.7.